The molecule has 11 heteroatoms. The Labute approximate surface area is 265 Å². The number of nitrogens with zero attached hydrogens (tertiary/aromatic N) is 1. The van der Waals surface area contributed by atoms with Gasteiger partial charge in [-0.05, 0) is 86.5 Å². The van der Waals surface area contributed by atoms with Crippen molar-refractivity contribution in [3.05, 3.63) is 130 Å². The molecule has 0 bridgehead atoms. The number of anilines is 2. The molecule has 10 nitrogen and oxygen atoms in total. The van der Waals surface area contributed by atoms with E-state index in [1.165, 1.54) is 23.9 Å². The van der Waals surface area contributed by atoms with E-state index in [0.717, 1.165) is 4.90 Å². The summed E-state index contributed by atoms with van der Waals surface area (Å²) in [6.45, 7) is 5.91. The standard InChI is InChI=1S/C34H32N4O6S/c1-4-44-28-16-11-24(12-17-28)20-31(37-33(40)25-8-6-5-7-9-25)34(41)35-26-13-18-29(19-14-26)45-23(3)32(39)36-30-21-27(38(42)43)15-10-22(30)2/h5-21,23H,4H2,1-3H3,(H,35,41)(H,36,39)(H,37,40)/b31-20-. The highest BCUT2D eigenvalue weighted by Crippen LogP contribution is 2.27. The van der Waals surface area contributed by atoms with Gasteiger partial charge in [-0.2, -0.15) is 0 Å². The Morgan fingerprint density at radius 2 is 1.62 bits per heavy atom. The molecular weight excluding hydrogens is 592 g/mol. The number of thioether (sulfide) groups is 1. The second kappa shape index (κ2) is 15.3. The summed E-state index contributed by atoms with van der Waals surface area (Å²) in [5.74, 6) is -0.562. The number of carbonyl (C=O) groups is 3. The summed E-state index contributed by atoms with van der Waals surface area (Å²) in [5, 5.41) is 18.9. The molecule has 45 heavy (non-hydrogen) atoms. The van der Waals surface area contributed by atoms with Gasteiger partial charge in [0.2, 0.25) is 5.91 Å². The first kappa shape index (κ1) is 32.5. The average Bonchev–Trinajstić information content (AvgIpc) is 3.03. The SMILES string of the molecule is CCOc1ccc(/C=C(\NC(=O)c2ccccc2)C(=O)Nc2ccc(SC(C)C(=O)Nc3cc([N+](=O)[O-])ccc3C)cc2)cc1. The van der Waals surface area contributed by atoms with Gasteiger partial charge in [-0.15, -0.1) is 11.8 Å². The molecular formula is C34H32N4O6S. The highest BCUT2D eigenvalue weighted by Gasteiger charge is 2.18. The first-order chi connectivity index (χ1) is 21.6. The fourth-order valence-electron chi connectivity index (χ4n) is 4.10. The molecule has 0 aliphatic carbocycles. The van der Waals surface area contributed by atoms with Gasteiger partial charge in [0.25, 0.3) is 17.5 Å². The molecule has 0 radical (unpaired) electrons. The fourth-order valence-corrected chi connectivity index (χ4v) is 4.97. The van der Waals surface area contributed by atoms with Crippen LogP contribution in [-0.4, -0.2) is 34.5 Å². The van der Waals surface area contributed by atoms with Gasteiger partial charge in [0.1, 0.15) is 11.4 Å². The van der Waals surface area contributed by atoms with E-state index >= 15 is 0 Å². The molecule has 1 unspecified atom stereocenters. The quantitative estimate of drug-likeness (QED) is 0.0679. The number of hydrogen-bond donors (Lipinski definition) is 3. The molecule has 3 N–H and O–H groups in total. The maximum atomic E-state index is 13.4. The lowest BCUT2D eigenvalue weighted by atomic mass is 10.1. The van der Waals surface area contributed by atoms with Crippen LogP contribution in [0.15, 0.2) is 108 Å². The minimum absolute atomic E-state index is 0.0493. The van der Waals surface area contributed by atoms with Crippen LogP contribution in [0.4, 0.5) is 17.1 Å². The Balaban J connectivity index is 1.44. The van der Waals surface area contributed by atoms with E-state index in [1.807, 2.05) is 6.92 Å². The van der Waals surface area contributed by atoms with Crippen molar-refractivity contribution in [1.29, 1.82) is 0 Å². The lowest BCUT2D eigenvalue weighted by Gasteiger charge is -2.14. The lowest BCUT2D eigenvalue weighted by molar-refractivity contribution is -0.384. The number of nitrogens with one attached hydrogen (secondary N) is 3. The molecule has 0 aromatic heterocycles. The predicted octanol–water partition coefficient (Wildman–Crippen LogP) is 6.83. The van der Waals surface area contributed by atoms with E-state index in [1.54, 1.807) is 105 Å². The van der Waals surface area contributed by atoms with Crippen LogP contribution in [0.5, 0.6) is 5.75 Å². The molecule has 4 rings (SSSR count). The van der Waals surface area contributed by atoms with E-state index in [2.05, 4.69) is 16.0 Å². The number of aryl methyl sites for hydroxylation is 1. The zero-order valence-electron chi connectivity index (χ0n) is 24.9. The monoisotopic (exact) mass is 624 g/mol. The van der Waals surface area contributed by atoms with Crippen molar-refractivity contribution in [1.82, 2.24) is 5.32 Å². The van der Waals surface area contributed by atoms with Crippen molar-refractivity contribution in [3.63, 3.8) is 0 Å². The van der Waals surface area contributed by atoms with Crippen molar-refractivity contribution < 1.29 is 24.0 Å². The Kier molecular flexibility index (Phi) is 11.1. The zero-order valence-corrected chi connectivity index (χ0v) is 25.7. The minimum atomic E-state index is -0.520. The Bertz CT molecular complexity index is 1710. The van der Waals surface area contributed by atoms with Gasteiger partial charge in [-0.1, -0.05) is 36.4 Å². The summed E-state index contributed by atoms with van der Waals surface area (Å²) in [7, 11) is 0. The van der Waals surface area contributed by atoms with Crippen molar-refractivity contribution in [2.45, 2.75) is 30.9 Å². The summed E-state index contributed by atoms with van der Waals surface area (Å²) >= 11 is 1.30. The zero-order chi connectivity index (χ0) is 32.3. The van der Waals surface area contributed by atoms with Crippen LogP contribution in [0.3, 0.4) is 0 Å². The van der Waals surface area contributed by atoms with Crippen molar-refractivity contribution in [2.24, 2.45) is 0 Å². The van der Waals surface area contributed by atoms with Crippen LogP contribution in [-0.2, 0) is 9.59 Å². The van der Waals surface area contributed by atoms with Crippen molar-refractivity contribution in [2.75, 3.05) is 17.2 Å². The highest BCUT2D eigenvalue weighted by atomic mass is 32.2. The summed E-state index contributed by atoms with van der Waals surface area (Å²) in [4.78, 5) is 50.5. The Hall–Kier alpha value is -5.42. The van der Waals surface area contributed by atoms with Crippen molar-refractivity contribution in [3.8, 4) is 5.75 Å². The summed E-state index contributed by atoms with van der Waals surface area (Å²) in [6, 6.07) is 27.0. The molecule has 3 amide bonds. The first-order valence-corrected chi connectivity index (χ1v) is 15.0. The molecule has 0 aliphatic heterocycles. The van der Waals surface area contributed by atoms with E-state index in [0.29, 0.717) is 40.4 Å². The minimum Gasteiger partial charge on any atom is -0.494 e. The van der Waals surface area contributed by atoms with Gasteiger partial charge < -0.3 is 20.7 Å². The number of non-ortho nitro benzene ring substituents is 1. The van der Waals surface area contributed by atoms with Gasteiger partial charge in [-0.3, -0.25) is 24.5 Å². The highest BCUT2D eigenvalue weighted by molar-refractivity contribution is 8.00. The third kappa shape index (κ3) is 9.28. The van der Waals surface area contributed by atoms with E-state index < -0.39 is 22.0 Å². The number of rotatable bonds is 12. The molecule has 0 spiro atoms. The van der Waals surface area contributed by atoms with Crippen LogP contribution in [0.1, 0.15) is 35.3 Å². The number of benzene rings is 4. The molecule has 230 valence electrons. The molecule has 4 aromatic rings. The fraction of sp³-hybridized carbons (Fsp3) is 0.147. The third-order valence-corrected chi connectivity index (χ3v) is 7.63. The van der Waals surface area contributed by atoms with Gasteiger partial charge >= 0.3 is 0 Å². The summed E-state index contributed by atoms with van der Waals surface area (Å²) < 4.78 is 5.49. The average molecular weight is 625 g/mol. The summed E-state index contributed by atoms with van der Waals surface area (Å²) in [6.07, 6.45) is 1.58. The van der Waals surface area contributed by atoms with Crippen LogP contribution in [0, 0.1) is 17.0 Å². The Morgan fingerprint density at radius 3 is 2.27 bits per heavy atom. The molecule has 1 atom stereocenters. The molecule has 0 aliphatic rings. The van der Waals surface area contributed by atoms with Gasteiger partial charge in [-0.25, -0.2) is 0 Å². The van der Waals surface area contributed by atoms with Crippen LogP contribution < -0.4 is 20.7 Å². The second-order valence-electron chi connectivity index (χ2n) is 9.86. The van der Waals surface area contributed by atoms with Crippen LogP contribution in [0.25, 0.3) is 6.08 Å². The number of carbonyl (C=O) groups excluding carboxylic acids is 3. The first-order valence-electron chi connectivity index (χ1n) is 14.1. The lowest BCUT2D eigenvalue weighted by Crippen LogP contribution is -2.30. The topological polar surface area (TPSA) is 140 Å². The van der Waals surface area contributed by atoms with Gasteiger partial charge in [0.05, 0.1) is 22.5 Å². The number of ether oxygens (including phenoxy) is 1. The predicted molar refractivity (Wildman–Crippen MR) is 176 cm³/mol. The Morgan fingerprint density at radius 1 is 0.933 bits per heavy atom. The number of hydrogen-bond acceptors (Lipinski definition) is 7. The largest absolute Gasteiger partial charge is 0.494 e. The van der Waals surface area contributed by atoms with E-state index in [-0.39, 0.29) is 17.3 Å². The number of amides is 3. The molecule has 0 saturated carbocycles. The molecule has 0 heterocycles. The smallest absolute Gasteiger partial charge is 0.272 e. The normalized spacial score (nSPS) is 11.7. The maximum absolute atomic E-state index is 13.4. The van der Waals surface area contributed by atoms with E-state index in [4.69, 9.17) is 4.74 Å². The van der Waals surface area contributed by atoms with Crippen molar-refractivity contribution >= 4 is 52.6 Å². The third-order valence-electron chi connectivity index (χ3n) is 6.52. The maximum Gasteiger partial charge on any atom is 0.272 e. The molecule has 0 fully saturated rings. The second-order valence-corrected chi connectivity index (χ2v) is 11.3. The number of nitro benzene ring substituents is 1. The molecule has 0 saturated heterocycles. The van der Waals surface area contributed by atoms with Gasteiger partial charge in [0, 0.05) is 28.3 Å². The van der Waals surface area contributed by atoms with E-state index in [9.17, 15) is 24.5 Å². The molecule has 4 aromatic carbocycles. The van der Waals surface area contributed by atoms with Crippen LogP contribution in [0.2, 0.25) is 0 Å². The summed E-state index contributed by atoms with van der Waals surface area (Å²) in [5.41, 5.74) is 2.62. The van der Waals surface area contributed by atoms with Gasteiger partial charge in [0.15, 0.2) is 0 Å². The number of nitro groups is 1. The van der Waals surface area contributed by atoms with Crippen LogP contribution >= 0.6 is 11.8 Å².